The van der Waals surface area contributed by atoms with E-state index in [1.165, 1.54) is 5.56 Å². The molecule has 0 saturated carbocycles. The minimum absolute atomic E-state index is 0.904. The van der Waals surface area contributed by atoms with Crippen LogP contribution in [0, 0.1) is 0 Å². The highest BCUT2D eigenvalue weighted by Gasteiger charge is 2.05. The van der Waals surface area contributed by atoms with Crippen LogP contribution in [0.15, 0.2) is 18.3 Å². The highest BCUT2D eigenvalue weighted by molar-refractivity contribution is 5.40. The molecule has 0 unspecified atom stereocenters. The second-order valence-corrected chi connectivity index (χ2v) is 4.04. The largest absolute Gasteiger partial charge is 0.357 e. The van der Waals surface area contributed by atoms with Crippen LogP contribution in [0.5, 0.6) is 0 Å². The molecule has 16 heavy (non-hydrogen) atoms. The van der Waals surface area contributed by atoms with Crippen LogP contribution in [0.3, 0.4) is 0 Å². The summed E-state index contributed by atoms with van der Waals surface area (Å²) in [6.07, 6.45) is 4.23. The molecule has 0 aromatic carbocycles. The van der Waals surface area contributed by atoms with E-state index < -0.39 is 0 Å². The second-order valence-electron chi connectivity index (χ2n) is 4.04. The molecule has 1 heterocycles. The Morgan fingerprint density at radius 1 is 1.25 bits per heavy atom. The van der Waals surface area contributed by atoms with Crippen LogP contribution >= 0.6 is 0 Å². The highest BCUT2D eigenvalue weighted by Crippen LogP contribution is 2.13. The van der Waals surface area contributed by atoms with Gasteiger partial charge in [-0.3, -0.25) is 0 Å². The standard InChI is InChI=1S/C13H23N3/c1-4-8-16(9-5-2)13-10-12(11-14-3)6-7-15-13/h6-7,10,14H,4-5,8-9,11H2,1-3H3. The summed E-state index contributed by atoms with van der Waals surface area (Å²) in [7, 11) is 1.97. The van der Waals surface area contributed by atoms with Gasteiger partial charge < -0.3 is 10.2 Å². The molecule has 0 aliphatic heterocycles. The van der Waals surface area contributed by atoms with Crippen molar-refractivity contribution in [3.05, 3.63) is 23.9 Å². The summed E-state index contributed by atoms with van der Waals surface area (Å²) in [5.74, 6) is 1.11. The normalized spacial score (nSPS) is 10.4. The summed E-state index contributed by atoms with van der Waals surface area (Å²) in [6.45, 7) is 7.50. The number of aromatic nitrogens is 1. The number of hydrogen-bond donors (Lipinski definition) is 1. The van der Waals surface area contributed by atoms with E-state index in [9.17, 15) is 0 Å². The fraction of sp³-hybridized carbons (Fsp3) is 0.615. The summed E-state index contributed by atoms with van der Waals surface area (Å²) in [6, 6.07) is 4.25. The summed E-state index contributed by atoms with van der Waals surface area (Å²) in [4.78, 5) is 6.82. The van der Waals surface area contributed by atoms with Crippen LogP contribution in [0.4, 0.5) is 5.82 Å². The Balaban J connectivity index is 2.77. The van der Waals surface area contributed by atoms with Gasteiger partial charge in [0.05, 0.1) is 0 Å². The molecule has 0 aliphatic rings. The van der Waals surface area contributed by atoms with Crippen molar-refractivity contribution in [2.45, 2.75) is 33.2 Å². The van der Waals surface area contributed by atoms with Gasteiger partial charge in [0, 0.05) is 25.8 Å². The van der Waals surface area contributed by atoms with E-state index >= 15 is 0 Å². The quantitative estimate of drug-likeness (QED) is 0.766. The van der Waals surface area contributed by atoms with E-state index in [0.29, 0.717) is 0 Å². The lowest BCUT2D eigenvalue weighted by Gasteiger charge is -2.22. The Kier molecular flexibility index (Phi) is 5.86. The maximum atomic E-state index is 4.46. The zero-order valence-electron chi connectivity index (χ0n) is 10.7. The molecular weight excluding hydrogens is 198 g/mol. The molecule has 0 spiro atoms. The van der Waals surface area contributed by atoms with Crippen molar-refractivity contribution in [1.29, 1.82) is 0 Å². The van der Waals surface area contributed by atoms with Crippen molar-refractivity contribution in [3.8, 4) is 0 Å². The van der Waals surface area contributed by atoms with E-state index in [4.69, 9.17) is 0 Å². The van der Waals surface area contributed by atoms with Crippen LogP contribution in [-0.2, 0) is 6.54 Å². The molecule has 1 rings (SSSR count). The van der Waals surface area contributed by atoms with Gasteiger partial charge in [0.1, 0.15) is 5.82 Å². The Morgan fingerprint density at radius 3 is 2.50 bits per heavy atom. The smallest absolute Gasteiger partial charge is 0.128 e. The first-order chi connectivity index (χ1) is 7.81. The van der Waals surface area contributed by atoms with Crippen LogP contribution < -0.4 is 10.2 Å². The van der Waals surface area contributed by atoms with E-state index in [1.807, 2.05) is 13.2 Å². The molecule has 0 amide bonds. The summed E-state index contributed by atoms with van der Waals surface area (Å²) in [5, 5.41) is 3.17. The molecule has 0 aliphatic carbocycles. The number of nitrogens with one attached hydrogen (secondary N) is 1. The average Bonchev–Trinajstić information content (AvgIpc) is 2.30. The number of hydrogen-bond acceptors (Lipinski definition) is 3. The predicted molar refractivity (Wildman–Crippen MR) is 69.8 cm³/mol. The molecule has 0 bridgehead atoms. The van der Waals surface area contributed by atoms with Crippen LogP contribution in [0.2, 0.25) is 0 Å². The Labute approximate surface area is 98.9 Å². The van der Waals surface area contributed by atoms with Crippen LogP contribution in [0.25, 0.3) is 0 Å². The molecule has 1 aromatic rings. The van der Waals surface area contributed by atoms with Gasteiger partial charge in [-0.15, -0.1) is 0 Å². The molecular formula is C13H23N3. The van der Waals surface area contributed by atoms with Crippen molar-refractivity contribution < 1.29 is 0 Å². The Morgan fingerprint density at radius 2 is 1.94 bits per heavy atom. The molecule has 0 fully saturated rings. The number of nitrogens with zero attached hydrogens (tertiary/aromatic N) is 2. The van der Waals surface area contributed by atoms with Gasteiger partial charge in [0.2, 0.25) is 0 Å². The zero-order valence-corrected chi connectivity index (χ0v) is 10.7. The average molecular weight is 221 g/mol. The fourth-order valence-corrected chi connectivity index (χ4v) is 1.83. The van der Waals surface area contributed by atoms with Gasteiger partial charge in [-0.25, -0.2) is 4.98 Å². The zero-order chi connectivity index (χ0) is 11.8. The fourth-order valence-electron chi connectivity index (χ4n) is 1.83. The minimum atomic E-state index is 0.904. The third kappa shape index (κ3) is 3.81. The number of pyridine rings is 1. The summed E-state index contributed by atoms with van der Waals surface area (Å²) in [5.41, 5.74) is 1.30. The van der Waals surface area contributed by atoms with Gasteiger partial charge >= 0.3 is 0 Å². The molecule has 1 N–H and O–H groups in total. The van der Waals surface area contributed by atoms with Crippen molar-refractivity contribution in [1.82, 2.24) is 10.3 Å². The molecule has 0 atom stereocenters. The number of anilines is 1. The maximum Gasteiger partial charge on any atom is 0.128 e. The summed E-state index contributed by atoms with van der Waals surface area (Å²) >= 11 is 0. The minimum Gasteiger partial charge on any atom is -0.357 e. The summed E-state index contributed by atoms with van der Waals surface area (Å²) < 4.78 is 0. The second kappa shape index (κ2) is 7.23. The van der Waals surface area contributed by atoms with Gasteiger partial charge in [0.25, 0.3) is 0 Å². The first-order valence-electron chi connectivity index (χ1n) is 6.16. The molecule has 0 saturated heterocycles. The van der Waals surface area contributed by atoms with Gasteiger partial charge in [-0.1, -0.05) is 13.8 Å². The lowest BCUT2D eigenvalue weighted by Crippen LogP contribution is -2.26. The van der Waals surface area contributed by atoms with Gasteiger partial charge in [0.15, 0.2) is 0 Å². The van der Waals surface area contributed by atoms with E-state index in [1.54, 1.807) is 0 Å². The topological polar surface area (TPSA) is 28.2 Å². The monoisotopic (exact) mass is 221 g/mol. The highest BCUT2D eigenvalue weighted by atomic mass is 15.2. The molecule has 0 radical (unpaired) electrons. The third-order valence-electron chi connectivity index (χ3n) is 2.50. The van der Waals surface area contributed by atoms with Crippen molar-refractivity contribution in [2.24, 2.45) is 0 Å². The SMILES string of the molecule is CCCN(CCC)c1cc(CNC)ccn1. The number of rotatable bonds is 7. The maximum absolute atomic E-state index is 4.46. The lowest BCUT2D eigenvalue weighted by atomic mass is 10.2. The first-order valence-corrected chi connectivity index (χ1v) is 6.16. The molecule has 3 nitrogen and oxygen atoms in total. The van der Waals surface area contributed by atoms with Gasteiger partial charge in [-0.05, 0) is 37.6 Å². The van der Waals surface area contributed by atoms with E-state index in [-0.39, 0.29) is 0 Å². The molecule has 1 aromatic heterocycles. The first kappa shape index (κ1) is 13.0. The molecule has 90 valence electrons. The van der Waals surface area contributed by atoms with Gasteiger partial charge in [-0.2, -0.15) is 0 Å². The molecule has 3 heteroatoms. The van der Waals surface area contributed by atoms with Crippen molar-refractivity contribution in [2.75, 3.05) is 25.0 Å². The van der Waals surface area contributed by atoms with Crippen molar-refractivity contribution in [3.63, 3.8) is 0 Å². The predicted octanol–water partition coefficient (Wildman–Crippen LogP) is 2.43. The van der Waals surface area contributed by atoms with Crippen LogP contribution in [0.1, 0.15) is 32.3 Å². The Hall–Kier alpha value is -1.09. The third-order valence-corrected chi connectivity index (χ3v) is 2.50. The van der Waals surface area contributed by atoms with Crippen LogP contribution in [-0.4, -0.2) is 25.1 Å². The lowest BCUT2D eigenvalue weighted by molar-refractivity contribution is 0.731. The van der Waals surface area contributed by atoms with E-state index in [2.05, 4.69) is 41.2 Å². The van der Waals surface area contributed by atoms with Crippen molar-refractivity contribution >= 4 is 5.82 Å². The Bertz CT molecular complexity index is 293. The van der Waals surface area contributed by atoms with E-state index in [0.717, 1.165) is 38.3 Å².